The lowest BCUT2D eigenvalue weighted by molar-refractivity contribution is -0.116. The van der Waals surface area contributed by atoms with E-state index in [0.29, 0.717) is 17.1 Å². The second-order valence-electron chi connectivity index (χ2n) is 7.39. The molecule has 28 heavy (non-hydrogen) atoms. The Balaban J connectivity index is 1.93. The summed E-state index contributed by atoms with van der Waals surface area (Å²) in [7, 11) is 0. The molecule has 1 aliphatic rings. The van der Waals surface area contributed by atoms with Crippen LogP contribution in [0.3, 0.4) is 0 Å². The van der Waals surface area contributed by atoms with Crippen LogP contribution in [-0.4, -0.2) is 43.1 Å². The van der Waals surface area contributed by atoms with Crippen molar-refractivity contribution in [3.05, 3.63) is 47.0 Å². The molecule has 1 amide bonds. The predicted molar refractivity (Wildman–Crippen MR) is 119 cm³/mol. The normalized spacial score (nSPS) is 15.9. The molecule has 0 aromatic heterocycles. The van der Waals surface area contributed by atoms with Crippen LogP contribution in [0.1, 0.15) is 45.6 Å². The van der Waals surface area contributed by atoms with E-state index in [1.165, 1.54) is 31.0 Å². The molecule has 1 fully saturated rings. The Morgan fingerprint density at radius 3 is 2.68 bits per heavy atom. The van der Waals surface area contributed by atoms with Gasteiger partial charge in [-0.1, -0.05) is 36.9 Å². The number of nitrogens with two attached hydrogens (primary N) is 1. The van der Waals surface area contributed by atoms with Gasteiger partial charge in [0.1, 0.15) is 5.75 Å². The summed E-state index contributed by atoms with van der Waals surface area (Å²) in [6, 6.07) is 7.74. The SMILES string of the molecule is C=C(S/C(C(=O)NCCN1CCCCC1)=C(/C)N)c1cccc(OC(C)C)c1. The summed E-state index contributed by atoms with van der Waals surface area (Å²) in [5, 5.41) is 3.00. The van der Waals surface area contributed by atoms with Crippen LogP contribution >= 0.6 is 11.8 Å². The summed E-state index contributed by atoms with van der Waals surface area (Å²) in [4.78, 5) is 16.3. The maximum atomic E-state index is 12.7. The predicted octanol–water partition coefficient (Wildman–Crippen LogP) is 3.97. The number of allylic oxidation sites excluding steroid dienone is 1. The Hall–Kier alpha value is -1.92. The number of benzene rings is 1. The molecule has 1 saturated heterocycles. The summed E-state index contributed by atoms with van der Waals surface area (Å²) < 4.78 is 5.74. The third kappa shape index (κ3) is 7.24. The highest BCUT2D eigenvalue weighted by atomic mass is 32.2. The Morgan fingerprint density at radius 1 is 1.32 bits per heavy atom. The van der Waals surface area contributed by atoms with E-state index in [0.717, 1.165) is 35.9 Å². The van der Waals surface area contributed by atoms with Crippen molar-refractivity contribution in [3.8, 4) is 5.75 Å². The Kier molecular flexibility index (Phi) is 8.93. The first-order chi connectivity index (χ1) is 13.4. The first kappa shape index (κ1) is 22.4. The van der Waals surface area contributed by atoms with Crippen LogP contribution in [0.2, 0.25) is 0 Å². The third-order valence-electron chi connectivity index (χ3n) is 4.48. The molecule has 0 unspecified atom stereocenters. The highest BCUT2D eigenvalue weighted by Crippen LogP contribution is 2.34. The van der Waals surface area contributed by atoms with Crippen LogP contribution in [0.5, 0.6) is 5.75 Å². The van der Waals surface area contributed by atoms with Crippen molar-refractivity contribution >= 4 is 22.6 Å². The van der Waals surface area contributed by atoms with E-state index in [9.17, 15) is 4.79 Å². The van der Waals surface area contributed by atoms with Crippen molar-refractivity contribution in [2.24, 2.45) is 5.73 Å². The molecule has 0 bridgehead atoms. The second-order valence-corrected chi connectivity index (χ2v) is 8.50. The lowest BCUT2D eigenvalue weighted by Gasteiger charge is -2.26. The summed E-state index contributed by atoms with van der Waals surface area (Å²) in [6.07, 6.45) is 3.90. The fourth-order valence-corrected chi connectivity index (χ4v) is 3.91. The van der Waals surface area contributed by atoms with Gasteiger partial charge in [-0.05, 0) is 64.4 Å². The van der Waals surface area contributed by atoms with E-state index >= 15 is 0 Å². The van der Waals surface area contributed by atoms with E-state index in [2.05, 4.69) is 16.8 Å². The van der Waals surface area contributed by atoms with Crippen LogP contribution < -0.4 is 15.8 Å². The number of hydrogen-bond acceptors (Lipinski definition) is 5. The lowest BCUT2D eigenvalue weighted by atomic mass is 10.1. The van der Waals surface area contributed by atoms with E-state index in [-0.39, 0.29) is 12.0 Å². The van der Waals surface area contributed by atoms with Crippen molar-refractivity contribution in [3.63, 3.8) is 0 Å². The Morgan fingerprint density at radius 2 is 2.04 bits per heavy atom. The van der Waals surface area contributed by atoms with Gasteiger partial charge in [0, 0.05) is 23.7 Å². The zero-order valence-electron chi connectivity index (χ0n) is 17.3. The van der Waals surface area contributed by atoms with Crippen LogP contribution in [0.15, 0.2) is 41.4 Å². The standard InChI is InChI=1S/C22H33N3O2S/c1-16(2)27-20-10-8-9-19(15-20)18(4)28-21(17(3)23)22(26)24-11-14-25-12-6-5-7-13-25/h8-10,15-16H,4-7,11-14,23H2,1-3H3,(H,24,26)/b21-17-. The molecule has 0 radical (unpaired) electrons. The van der Waals surface area contributed by atoms with Crippen molar-refractivity contribution < 1.29 is 9.53 Å². The van der Waals surface area contributed by atoms with Crippen LogP contribution in [0.4, 0.5) is 0 Å². The monoisotopic (exact) mass is 403 g/mol. The summed E-state index contributed by atoms with van der Waals surface area (Å²) in [5.74, 6) is 0.646. The van der Waals surface area contributed by atoms with Gasteiger partial charge >= 0.3 is 0 Å². The molecule has 0 saturated carbocycles. The van der Waals surface area contributed by atoms with Crippen molar-refractivity contribution in [1.29, 1.82) is 0 Å². The van der Waals surface area contributed by atoms with E-state index in [1.807, 2.05) is 38.1 Å². The van der Waals surface area contributed by atoms with Gasteiger partial charge in [0.25, 0.3) is 5.91 Å². The first-order valence-electron chi connectivity index (χ1n) is 9.97. The zero-order valence-corrected chi connectivity index (χ0v) is 18.1. The van der Waals surface area contributed by atoms with E-state index < -0.39 is 0 Å². The number of nitrogens with one attached hydrogen (secondary N) is 1. The number of rotatable bonds is 9. The average Bonchev–Trinajstić information content (AvgIpc) is 2.66. The van der Waals surface area contributed by atoms with Gasteiger partial charge < -0.3 is 20.7 Å². The van der Waals surface area contributed by atoms with E-state index in [1.54, 1.807) is 6.92 Å². The minimum Gasteiger partial charge on any atom is -0.491 e. The Bertz CT molecular complexity index is 705. The molecular formula is C22H33N3O2S. The number of carbonyl (C=O) groups excluding carboxylic acids is 1. The number of amides is 1. The fraction of sp³-hybridized carbons (Fsp3) is 0.500. The maximum absolute atomic E-state index is 12.7. The molecule has 5 nitrogen and oxygen atoms in total. The molecule has 6 heteroatoms. The number of thioether (sulfide) groups is 1. The summed E-state index contributed by atoms with van der Waals surface area (Å²) >= 11 is 1.31. The van der Waals surface area contributed by atoms with Gasteiger partial charge in [-0.15, -0.1) is 0 Å². The largest absolute Gasteiger partial charge is 0.491 e. The van der Waals surface area contributed by atoms with Gasteiger partial charge in [-0.3, -0.25) is 4.79 Å². The number of piperidine rings is 1. The topological polar surface area (TPSA) is 67.6 Å². The lowest BCUT2D eigenvalue weighted by Crippen LogP contribution is -2.38. The molecule has 1 aromatic rings. The minimum absolute atomic E-state index is 0.101. The van der Waals surface area contributed by atoms with Crippen molar-refractivity contribution in [2.75, 3.05) is 26.2 Å². The fourth-order valence-electron chi connectivity index (χ4n) is 3.09. The molecule has 0 aliphatic carbocycles. The van der Waals surface area contributed by atoms with E-state index in [4.69, 9.17) is 10.5 Å². The number of ether oxygens (including phenoxy) is 1. The van der Waals surface area contributed by atoms with Crippen LogP contribution in [0, 0.1) is 0 Å². The molecule has 2 rings (SSSR count). The van der Waals surface area contributed by atoms with Gasteiger partial charge in [0.05, 0.1) is 11.0 Å². The van der Waals surface area contributed by atoms with Gasteiger partial charge in [0.2, 0.25) is 0 Å². The summed E-state index contributed by atoms with van der Waals surface area (Å²) in [6.45, 7) is 13.6. The molecular weight excluding hydrogens is 370 g/mol. The second kappa shape index (κ2) is 11.2. The molecule has 0 spiro atoms. The number of nitrogens with zero attached hydrogens (tertiary/aromatic N) is 1. The Labute approximate surface area is 173 Å². The number of hydrogen-bond donors (Lipinski definition) is 2. The molecule has 154 valence electrons. The third-order valence-corrected chi connectivity index (χ3v) is 5.67. The van der Waals surface area contributed by atoms with Crippen molar-refractivity contribution in [2.45, 2.75) is 46.1 Å². The van der Waals surface area contributed by atoms with Gasteiger partial charge in [-0.2, -0.15) is 0 Å². The highest BCUT2D eigenvalue weighted by molar-refractivity contribution is 8.12. The average molecular weight is 404 g/mol. The molecule has 1 aliphatic heterocycles. The summed E-state index contributed by atoms with van der Waals surface area (Å²) in [5.41, 5.74) is 7.41. The maximum Gasteiger partial charge on any atom is 0.259 e. The molecule has 0 atom stereocenters. The smallest absolute Gasteiger partial charge is 0.259 e. The van der Waals surface area contributed by atoms with Crippen LogP contribution in [-0.2, 0) is 4.79 Å². The first-order valence-corrected chi connectivity index (χ1v) is 10.8. The van der Waals surface area contributed by atoms with Crippen LogP contribution in [0.25, 0.3) is 4.91 Å². The quantitative estimate of drug-likeness (QED) is 0.611. The van der Waals surface area contributed by atoms with Gasteiger partial charge in [-0.25, -0.2) is 0 Å². The van der Waals surface area contributed by atoms with Gasteiger partial charge in [0.15, 0.2) is 0 Å². The number of likely N-dealkylation sites (tertiary alicyclic amines) is 1. The highest BCUT2D eigenvalue weighted by Gasteiger charge is 2.16. The number of carbonyl (C=O) groups is 1. The zero-order chi connectivity index (χ0) is 20.5. The molecule has 1 heterocycles. The molecule has 3 N–H and O–H groups in total. The van der Waals surface area contributed by atoms with Crippen molar-refractivity contribution in [1.82, 2.24) is 10.2 Å². The minimum atomic E-state index is -0.141. The molecule has 1 aromatic carbocycles.